The van der Waals surface area contributed by atoms with E-state index in [1.54, 1.807) is 0 Å². The largest absolute Gasteiger partial charge is 0.332 e. The third-order valence-corrected chi connectivity index (χ3v) is 4.09. The molecule has 0 atom stereocenters. The minimum atomic E-state index is -0.170. The zero-order chi connectivity index (χ0) is 16.0. The number of rotatable bonds is 4. The van der Waals surface area contributed by atoms with Crippen LogP contribution in [0.3, 0.4) is 0 Å². The highest BCUT2D eigenvalue weighted by molar-refractivity contribution is 5.85. The summed E-state index contributed by atoms with van der Waals surface area (Å²) in [5, 5.41) is 3.38. The van der Waals surface area contributed by atoms with Crippen molar-refractivity contribution in [1.29, 1.82) is 0 Å². The molecule has 1 aliphatic rings. The maximum absolute atomic E-state index is 12.8. The van der Waals surface area contributed by atoms with Crippen molar-refractivity contribution in [3.63, 3.8) is 0 Å². The number of carbonyl (C=O) groups excluding carboxylic acids is 1. The van der Waals surface area contributed by atoms with E-state index in [0.29, 0.717) is 13.1 Å². The van der Waals surface area contributed by atoms with Gasteiger partial charge in [0, 0.05) is 25.2 Å². The molecule has 0 radical (unpaired) electrons. The molecule has 1 aromatic rings. The summed E-state index contributed by atoms with van der Waals surface area (Å²) in [6.07, 6.45) is 1.11. The van der Waals surface area contributed by atoms with Crippen molar-refractivity contribution in [2.24, 2.45) is 0 Å². The molecule has 0 aromatic heterocycles. The standard InChI is InChI=1S/C18H29N3O.ClH/c1-18(2,3)21(14-16-8-5-4-6-9-16)17(22)15-20-12-7-10-19-11-13-20;/h4-6,8-9,19H,7,10-15H2,1-3H3;1H. The van der Waals surface area contributed by atoms with E-state index >= 15 is 0 Å². The number of hydrogen-bond donors (Lipinski definition) is 1. The summed E-state index contributed by atoms with van der Waals surface area (Å²) >= 11 is 0. The molecule has 5 heteroatoms. The molecule has 1 heterocycles. The number of benzene rings is 1. The van der Waals surface area contributed by atoms with Crippen molar-refractivity contribution in [1.82, 2.24) is 15.1 Å². The van der Waals surface area contributed by atoms with Crippen LogP contribution in [-0.2, 0) is 11.3 Å². The zero-order valence-corrected chi connectivity index (χ0v) is 15.4. The summed E-state index contributed by atoms with van der Waals surface area (Å²) in [6, 6.07) is 10.2. The Morgan fingerprint density at radius 2 is 1.87 bits per heavy atom. The highest BCUT2D eigenvalue weighted by Crippen LogP contribution is 2.18. The molecule has 23 heavy (non-hydrogen) atoms. The number of nitrogens with one attached hydrogen (secondary N) is 1. The Labute approximate surface area is 146 Å². The summed E-state index contributed by atoms with van der Waals surface area (Å²) in [5.41, 5.74) is 1.01. The lowest BCUT2D eigenvalue weighted by Crippen LogP contribution is -2.49. The first-order valence-corrected chi connectivity index (χ1v) is 8.24. The second-order valence-corrected chi connectivity index (χ2v) is 7.02. The normalized spacial score (nSPS) is 16.3. The predicted molar refractivity (Wildman–Crippen MR) is 97.9 cm³/mol. The monoisotopic (exact) mass is 339 g/mol. The van der Waals surface area contributed by atoms with E-state index in [4.69, 9.17) is 0 Å². The highest BCUT2D eigenvalue weighted by atomic mass is 35.5. The quantitative estimate of drug-likeness (QED) is 0.915. The lowest BCUT2D eigenvalue weighted by atomic mass is 10.0. The van der Waals surface area contributed by atoms with Gasteiger partial charge in [-0.2, -0.15) is 0 Å². The zero-order valence-electron chi connectivity index (χ0n) is 14.5. The first-order valence-electron chi connectivity index (χ1n) is 8.24. The maximum atomic E-state index is 12.8. The van der Waals surface area contributed by atoms with Gasteiger partial charge in [-0.25, -0.2) is 0 Å². The Kier molecular flexibility index (Phi) is 8.03. The molecule has 0 spiro atoms. The van der Waals surface area contributed by atoms with Crippen molar-refractivity contribution in [2.45, 2.75) is 39.3 Å². The summed E-state index contributed by atoms with van der Waals surface area (Å²) in [5.74, 6) is 0.221. The lowest BCUT2D eigenvalue weighted by Gasteiger charge is -2.37. The molecule has 1 amide bonds. The third kappa shape index (κ3) is 6.50. The second-order valence-electron chi connectivity index (χ2n) is 7.02. The average molecular weight is 340 g/mol. The number of amides is 1. The van der Waals surface area contributed by atoms with Gasteiger partial charge < -0.3 is 10.2 Å². The Morgan fingerprint density at radius 1 is 1.17 bits per heavy atom. The van der Waals surface area contributed by atoms with E-state index in [-0.39, 0.29) is 23.9 Å². The fraction of sp³-hybridized carbons (Fsp3) is 0.611. The highest BCUT2D eigenvalue weighted by Gasteiger charge is 2.27. The Bertz CT molecular complexity index is 465. The number of hydrogen-bond acceptors (Lipinski definition) is 3. The topological polar surface area (TPSA) is 35.6 Å². The number of halogens is 1. The van der Waals surface area contributed by atoms with Crippen LogP contribution in [0.4, 0.5) is 0 Å². The van der Waals surface area contributed by atoms with Crippen LogP contribution in [0.2, 0.25) is 0 Å². The van der Waals surface area contributed by atoms with Gasteiger partial charge in [-0.15, -0.1) is 12.4 Å². The van der Waals surface area contributed by atoms with Crippen molar-refractivity contribution >= 4 is 18.3 Å². The maximum Gasteiger partial charge on any atom is 0.237 e. The van der Waals surface area contributed by atoms with Gasteiger partial charge in [0.25, 0.3) is 0 Å². The first-order chi connectivity index (χ1) is 10.5. The number of carbonyl (C=O) groups is 1. The molecular formula is C18H30ClN3O. The minimum absolute atomic E-state index is 0. The lowest BCUT2D eigenvalue weighted by molar-refractivity contribution is -0.138. The van der Waals surface area contributed by atoms with Crippen molar-refractivity contribution in [2.75, 3.05) is 32.7 Å². The average Bonchev–Trinajstić information content (AvgIpc) is 2.73. The van der Waals surface area contributed by atoms with Gasteiger partial charge in [-0.05, 0) is 45.8 Å². The van der Waals surface area contributed by atoms with Crippen LogP contribution in [0.1, 0.15) is 32.8 Å². The van der Waals surface area contributed by atoms with Crippen LogP contribution >= 0.6 is 12.4 Å². The molecule has 1 saturated heterocycles. The van der Waals surface area contributed by atoms with Crippen molar-refractivity contribution < 1.29 is 4.79 Å². The van der Waals surface area contributed by atoms with Crippen LogP contribution in [0, 0.1) is 0 Å². The molecule has 0 aliphatic carbocycles. The Morgan fingerprint density at radius 3 is 2.52 bits per heavy atom. The molecule has 130 valence electrons. The molecule has 1 fully saturated rings. The van der Waals surface area contributed by atoms with E-state index in [1.807, 2.05) is 23.1 Å². The van der Waals surface area contributed by atoms with Gasteiger partial charge in [0.15, 0.2) is 0 Å². The molecule has 0 bridgehead atoms. The summed E-state index contributed by atoms with van der Waals surface area (Å²) in [7, 11) is 0. The van der Waals surface area contributed by atoms with Crippen molar-refractivity contribution in [3.8, 4) is 0 Å². The molecule has 1 aliphatic heterocycles. The number of nitrogens with zero attached hydrogens (tertiary/aromatic N) is 2. The van der Waals surface area contributed by atoms with E-state index < -0.39 is 0 Å². The minimum Gasteiger partial charge on any atom is -0.332 e. The molecular weight excluding hydrogens is 310 g/mol. The van der Waals surface area contributed by atoms with Crippen molar-refractivity contribution in [3.05, 3.63) is 35.9 Å². The van der Waals surface area contributed by atoms with Crippen LogP contribution in [0.25, 0.3) is 0 Å². The Hall–Kier alpha value is -1.10. The molecule has 2 rings (SSSR count). The molecule has 4 nitrogen and oxygen atoms in total. The Balaban J connectivity index is 0.00000264. The fourth-order valence-electron chi connectivity index (χ4n) is 2.80. The van der Waals surface area contributed by atoms with Gasteiger partial charge >= 0.3 is 0 Å². The molecule has 0 unspecified atom stereocenters. The van der Waals surface area contributed by atoms with Crippen LogP contribution in [0.5, 0.6) is 0 Å². The predicted octanol–water partition coefficient (Wildman–Crippen LogP) is 2.53. The van der Waals surface area contributed by atoms with Crippen LogP contribution < -0.4 is 5.32 Å². The van der Waals surface area contributed by atoms with Crippen LogP contribution in [-0.4, -0.2) is 54.0 Å². The van der Waals surface area contributed by atoms with E-state index in [0.717, 1.165) is 32.6 Å². The first kappa shape index (κ1) is 19.9. The molecule has 1 aromatic carbocycles. The molecule has 0 saturated carbocycles. The van der Waals surface area contributed by atoms with E-state index in [1.165, 1.54) is 5.56 Å². The smallest absolute Gasteiger partial charge is 0.237 e. The van der Waals surface area contributed by atoms with E-state index in [2.05, 4.69) is 43.1 Å². The second kappa shape index (κ2) is 9.26. The van der Waals surface area contributed by atoms with Gasteiger partial charge in [-0.3, -0.25) is 9.69 Å². The van der Waals surface area contributed by atoms with Gasteiger partial charge in [0.1, 0.15) is 0 Å². The van der Waals surface area contributed by atoms with E-state index in [9.17, 15) is 4.79 Å². The van der Waals surface area contributed by atoms with Crippen LogP contribution in [0.15, 0.2) is 30.3 Å². The summed E-state index contributed by atoms with van der Waals surface area (Å²) in [4.78, 5) is 17.1. The SMILES string of the molecule is CC(C)(C)N(Cc1ccccc1)C(=O)CN1CCCNCC1.Cl. The molecule has 1 N–H and O–H groups in total. The van der Waals surface area contributed by atoms with Gasteiger partial charge in [0.2, 0.25) is 5.91 Å². The van der Waals surface area contributed by atoms with Gasteiger partial charge in [-0.1, -0.05) is 30.3 Å². The van der Waals surface area contributed by atoms with Gasteiger partial charge in [0.05, 0.1) is 6.54 Å². The summed E-state index contributed by atoms with van der Waals surface area (Å²) < 4.78 is 0. The summed E-state index contributed by atoms with van der Waals surface area (Å²) in [6.45, 7) is 11.5. The fourth-order valence-corrected chi connectivity index (χ4v) is 2.80. The third-order valence-electron chi connectivity index (χ3n) is 4.09.